The third-order valence-electron chi connectivity index (χ3n) is 1.75. The van der Waals surface area contributed by atoms with Crippen molar-refractivity contribution in [1.29, 1.82) is 5.26 Å². The molecule has 0 aliphatic rings. The molecule has 0 aliphatic heterocycles. The second kappa shape index (κ2) is 4.24. The number of nitriles is 1. The minimum atomic E-state index is -0.527. The van der Waals surface area contributed by atoms with E-state index in [1.807, 2.05) is 6.07 Å². The summed E-state index contributed by atoms with van der Waals surface area (Å²) in [6.45, 7) is -0.186. The van der Waals surface area contributed by atoms with Crippen molar-refractivity contribution in [3.8, 4) is 6.07 Å². The molecule has 1 atom stereocenters. The highest BCUT2D eigenvalue weighted by atomic mass is 35.5. The molecule has 1 rings (SSSR count). The van der Waals surface area contributed by atoms with Crippen LogP contribution in [0.1, 0.15) is 17.2 Å². The fourth-order valence-electron chi connectivity index (χ4n) is 1.02. The third kappa shape index (κ3) is 1.99. The monoisotopic (exact) mass is 196 g/mol. The van der Waals surface area contributed by atoms with Gasteiger partial charge in [0.1, 0.15) is 6.07 Å². The lowest BCUT2D eigenvalue weighted by molar-refractivity contribution is 0.268. The summed E-state index contributed by atoms with van der Waals surface area (Å²) in [6, 6.07) is 6.41. The van der Waals surface area contributed by atoms with Gasteiger partial charge in [-0.1, -0.05) is 23.7 Å². The van der Waals surface area contributed by atoms with E-state index in [-0.39, 0.29) is 6.61 Å². The van der Waals surface area contributed by atoms with Crippen molar-refractivity contribution in [2.45, 2.75) is 6.04 Å². The Kier molecular flexibility index (Phi) is 3.26. The molecule has 0 bridgehead atoms. The van der Waals surface area contributed by atoms with Crippen molar-refractivity contribution < 1.29 is 5.11 Å². The number of nitrogens with zero attached hydrogens (tertiary/aromatic N) is 1. The number of hydrogen-bond acceptors (Lipinski definition) is 3. The quantitative estimate of drug-likeness (QED) is 0.747. The Labute approximate surface area is 81.4 Å². The van der Waals surface area contributed by atoms with E-state index in [9.17, 15) is 0 Å². The highest BCUT2D eigenvalue weighted by Gasteiger charge is 2.11. The molecule has 4 heteroatoms. The average Bonchev–Trinajstić information content (AvgIpc) is 2.17. The van der Waals surface area contributed by atoms with Crippen LogP contribution < -0.4 is 5.73 Å². The van der Waals surface area contributed by atoms with Crippen LogP contribution in [0.3, 0.4) is 0 Å². The van der Waals surface area contributed by atoms with Gasteiger partial charge in [-0.05, 0) is 11.6 Å². The zero-order chi connectivity index (χ0) is 9.84. The normalized spacial score (nSPS) is 12.2. The molecule has 0 saturated carbocycles. The number of rotatable bonds is 2. The minimum absolute atomic E-state index is 0.186. The predicted octanol–water partition coefficient (Wildman–Crippen LogP) is 1.20. The maximum Gasteiger partial charge on any atom is 0.101 e. The smallest absolute Gasteiger partial charge is 0.101 e. The summed E-state index contributed by atoms with van der Waals surface area (Å²) in [5.41, 5.74) is 6.55. The Morgan fingerprint density at radius 3 is 2.85 bits per heavy atom. The van der Waals surface area contributed by atoms with E-state index >= 15 is 0 Å². The van der Waals surface area contributed by atoms with E-state index < -0.39 is 6.04 Å². The highest BCUT2D eigenvalue weighted by Crippen LogP contribution is 2.24. The van der Waals surface area contributed by atoms with E-state index in [1.54, 1.807) is 18.2 Å². The molecular formula is C9H9ClN2O. The summed E-state index contributed by atoms with van der Waals surface area (Å²) in [7, 11) is 0. The molecule has 0 fully saturated rings. The van der Waals surface area contributed by atoms with Crippen molar-refractivity contribution in [2.75, 3.05) is 6.61 Å². The standard InChI is InChI=1S/C9H9ClN2O/c10-9-6(4-11)2-1-3-7(9)8(12)5-13/h1-3,8,13H,5,12H2/t8-/m1/s1. The minimum Gasteiger partial charge on any atom is -0.394 e. The molecular weight excluding hydrogens is 188 g/mol. The Morgan fingerprint density at radius 1 is 1.62 bits per heavy atom. The molecule has 68 valence electrons. The molecule has 13 heavy (non-hydrogen) atoms. The Morgan fingerprint density at radius 2 is 2.31 bits per heavy atom. The largest absolute Gasteiger partial charge is 0.394 e. The molecule has 0 radical (unpaired) electrons. The van der Waals surface area contributed by atoms with Crippen LogP contribution in [0.15, 0.2) is 18.2 Å². The summed E-state index contributed by atoms with van der Waals surface area (Å²) < 4.78 is 0. The Balaban J connectivity index is 3.17. The predicted molar refractivity (Wildman–Crippen MR) is 50.2 cm³/mol. The first-order chi connectivity index (χ1) is 6.20. The molecule has 3 nitrogen and oxygen atoms in total. The van der Waals surface area contributed by atoms with Gasteiger partial charge in [-0.2, -0.15) is 5.26 Å². The number of hydrogen-bond donors (Lipinski definition) is 2. The molecule has 0 aromatic heterocycles. The summed E-state index contributed by atoms with van der Waals surface area (Å²) in [4.78, 5) is 0. The number of benzene rings is 1. The number of nitrogens with two attached hydrogens (primary N) is 1. The van der Waals surface area contributed by atoms with E-state index in [1.165, 1.54) is 0 Å². The van der Waals surface area contributed by atoms with E-state index in [0.717, 1.165) is 0 Å². The van der Waals surface area contributed by atoms with E-state index in [0.29, 0.717) is 16.1 Å². The van der Waals surface area contributed by atoms with Crippen LogP contribution >= 0.6 is 11.6 Å². The lowest BCUT2D eigenvalue weighted by Crippen LogP contribution is -2.15. The topological polar surface area (TPSA) is 70.0 Å². The number of aliphatic hydroxyl groups excluding tert-OH is 1. The average molecular weight is 197 g/mol. The lowest BCUT2D eigenvalue weighted by atomic mass is 10.1. The van der Waals surface area contributed by atoms with Crippen molar-refractivity contribution in [1.82, 2.24) is 0 Å². The van der Waals surface area contributed by atoms with Crippen molar-refractivity contribution in [2.24, 2.45) is 5.73 Å². The summed E-state index contributed by atoms with van der Waals surface area (Å²) >= 11 is 5.87. The maximum atomic E-state index is 8.81. The van der Waals surface area contributed by atoms with E-state index in [4.69, 9.17) is 27.7 Å². The fourth-order valence-corrected chi connectivity index (χ4v) is 1.33. The van der Waals surface area contributed by atoms with Crippen LogP contribution in [0.2, 0.25) is 5.02 Å². The molecule has 0 amide bonds. The van der Waals surface area contributed by atoms with Crippen LogP contribution in [0.4, 0.5) is 0 Å². The molecule has 3 N–H and O–H groups in total. The Bertz CT molecular complexity index is 346. The van der Waals surface area contributed by atoms with Crippen LogP contribution in [-0.2, 0) is 0 Å². The zero-order valence-corrected chi connectivity index (χ0v) is 7.62. The summed E-state index contributed by atoms with van der Waals surface area (Å²) in [5, 5.41) is 17.8. The number of halogens is 1. The van der Waals surface area contributed by atoms with Crippen molar-refractivity contribution in [3.05, 3.63) is 34.3 Å². The Hall–Kier alpha value is -1.08. The maximum absolute atomic E-state index is 8.81. The molecule has 0 saturated heterocycles. The van der Waals surface area contributed by atoms with Crippen LogP contribution in [-0.4, -0.2) is 11.7 Å². The molecule has 0 aliphatic carbocycles. The molecule has 0 unspecified atom stereocenters. The first-order valence-corrected chi connectivity index (χ1v) is 4.13. The molecule has 1 aromatic carbocycles. The second-order valence-electron chi connectivity index (χ2n) is 2.61. The van der Waals surface area contributed by atoms with Gasteiger partial charge in [0, 0.05) is 0 Å². The van der Waals surface area contributed by atoms with Gasteiger partial charge in [-0.25, -0.2) is 0 Å². The van der Waals surface area contributed by atoms with Gasteiger partial charge in [-0.15, -0.1) is 0 Å². The van der Waals surface area contributed by atoms with Gasteiger partial charge in [0.05, 0.1) is 23.2 Å². The third-order valence-corrected chi connectivity index (χ3v) is 2.17. The lowest BCUT2D eigenvalue weighted by Gasteiger charge is -2.10. The SMILES string of the molecule is N#Cc1cccc([C@H](N)CO)c1Cl. The van der Waals surface area contributed by atoms with Crippen molar-refractivity contribution >= 4 is 11.6 Å². The van der Waals surface area contributed by atoms with Gasteiger partial charge < -0.3 is 10.8 Å². The first kappa shape index (κ1) is 10.0. The summed E-state index contributed by atoms with van der Waals surface area (Å²) in [6.07, 6.45) is 0. The van der Waals surface area contributed by atoms with Gasteiger partial charge in [0.2, 0.25) is 0 Å². The van der Waals surface area contributed by atoms with Gasteiger partial charge in [0.25, 0.3) is 0 Å². The molecule has 0 spiro atoms. The van der Waals surface area contributed by atoms with Crippen molar-refractivity contribution in [3.63, 3.8) is 0 Å². The van der Waals surface area contributed by atoms with Gasteiger partial charge >= 0.3 is 0 Å². The van der Waals surface area contributed by atoms with Gasteiger partial charge in [0.15, 0.2) is 0 Å². The molecule has 0 heterocycles. The van der Waals surface area contributed by atoms with Crippen LogP contribution in [0.5, 0.6) is 0 Å². The fraction of sp³-hybridized carbons (Fsp3) is 0.222. The summed E-state index contributed by atoms with van der Waals surface area (Å²) in [5.74, 6) is 0. The van der Waals surface area contributed by atoms with Crippen LogP contribution in [0, 0.1) is 11.3 Å². The van der Waals surface area contributed by atoms with Gasteiger partial charge in [-0.3, -0.25) is 0 Å². The number of aliphatic hydroxyl groups is 1. The second-order valence-corrected chi connectivity index (χ2v) is 2.99. The highest BCUT2D eigenvalue weighted by molar-refractivity contribution is 6.32. The van der Waals surface area contributed by atoms with Crippen LogP contribution in [0.25, 0.3) is 0 Å². The zero-order valence-electron chi connectivity index (χ0n) is 6.87. The first-order valence-electron chi connectivity index (χ1n) is 3.75. The molecule has 1 aromatic rings. The van der Waals surface area contributed by atoms with E-state index in [2.05, 4.69) is 0 Å².